The standard InChI is InChI=1S/C16H19N3O/c17-9-1-2-12-5-8-15(18-10-12)16(20)19(14-6-7-14)11-13-3-4-13/h5,8,10,13-14H,3-4,6-7,9,11,17H2. The van der Waals surface area contributed by atoms with E-state index in [1.165, 1.54) is 12.8 Å². The van der Waals surface area contributed by atoms with Crippen molar-refractivity contribution in [2.75, 3.05) is 13.1 Å². The highest BCUT2D eigenvalue weighted by atomic mass is 16.2. The number of hydrogen-bond acceptors (Lipinski definition) is 3. The SMILES string of the molecule is NCC#Cc1ccc(C(=O)N(CC2CC2)C2CC2)nc1. The Hall–Kier alpha value is -1.86. The van der Waals surface area contributed by atoms with Crippen molar-refractivity contribution >= 4 is 5.91 Å². The predicted molar refractivity (Wildman–Crippen MR) is 77.0 cm³/mol. The van der Waals surface area contributed by atoms with E-state index in [2.05, 4.69) is 16.8 Å². The summed E-state index contributed by atoms with van der Waals surface area (Å²) in [5, 5.41) is 0. The molecule has 0 aromatic carbocycles. The molecule has 1 aromatic rings. The Kier molecular flexibility index (Phi) is 3.70. The highest BCUT2D eigenvalue weighted by Crippen LogP contribution is 2.35. The number of nitrogens with zero attached hydrogens (tertiary/aromatic N) is 2. The summed E-state index contributed by atoms with van der Waals surface area (Å²) >= 11 is 0. The third kappa shape index (κ3) is 3.17. The summed E-state index contributed by atoms with van der Waals surface area (Å²) in [5.41, 5.74) is 6.65. The first-order chi connectivity index (χ1) is 9.78. The first kappa shape index (κ1) is 13.1. The van der Waals surface area contributed by atoms with Crippen LogP contribution in [0.2, 0.25) is 0 Å². The minimum Gasteiger partial charge on any atom is -0.334 e. The van der Waals surface area contributed by atoms with Gasteiger partial charge in [-0.3, -0.25) is 4.79 Å². The highest BCUT2D eigenvalue weighted by Gasteiger charge is 2.37. The topological polar surface area (TPSA) is 59.2 Å². The van der Waals surface area contributed by atoms with Gasteiger partial charge in [-0.2, -0.15) is 0 Å². The molecule has 1 aromatic heterocycles. The van der Waals surface area contributed by atoms with E-state index < -0.39 is 0 Å². The second-order valence-corrected chi connectivity index (χ2v) is 5.57. The molecule has 4 heteroatoms. The van der Waals surface area contributed by atoms with Crippen molar-refractivity contribution < 1.29 is 4.79 Å². The van der Waals surface area contributed by atoms with Crippen LogP contribution in [0.15, 0.2) is 18.3 Å². The Bertz CT molecular complexity index is 547. The van der Waals surface area contributed by atoms with E-state index >= 15 is 0 Å². The van der Waals surface area contributed by atoms with Gasteiger partial charge in [0.2, 0.25) is 0 Å². The summed E-state index contributed by atoms with van der Waals surface area (Å²) < 4.78 is 0. The van der Waals surface area contributed by atoms with Gasteiger partial charge in [0.1, 0.15) is 5.69 Å². The lowest BCUT2D eigenvalue weighted by Crippen LogP contribution is -2.35. The number of amides is 1. The van der Waals surface area contributed by atoms with E-state index in [0.717, 1.165) is 24.9 Å². The van der Waals surface area contributed by atoms with Crippen LogP contribution in [0.3, 0.4) is 0 Å². The zero-order valence-electron chi connectivity index (χ0n) is 11.5. The Morgan fingerprint density at radius 2 is 2.15 bits per heavy atom. The van der Waals surface area contributed by atoms with Crippen molar-refractivity contribution in [3.05, 3.63) is 29.6 Å². The molecule has 4 nitrogen and oxygen atoms in total. The molecular weight excluding hydrogens is 250 g/mol. The Morgan fingerprint density at radius 1 is 1.35 bits per heavy atom. The molecule has 104 valence electrons. The normalized spacial score (nSPS) is 17.2. The van der Waals surface area contributed by atoms with Gasteiger partial charge in [0, 0.05) is 24.3 Å². The van der Waals surface area contributed by atoms with E-state index in [4.69, 9.17) is 5.73 Å². The largest absolute Gasteiger partial charge is 0.334 e. The predicted octanol–water partition coefficient (Wildman–Crippen LogP) is 1.41. The Morgan fingerprint density at radius 3 is 2.70 bits per heavy atom. The molecule has 0 saturated heterocycles. The second kappa shape index (κ2) is 5.64. The van der Waals surface area contributed by atoms with Crippen LogP contribution in [0.1, 0.15) is 41.7 Å². The number of carbonyl (C=O) groups excluding carboxylic acids is 1. The van der Waals surface area contributed by atoms with Crippen LogP contribution in [0.25, 0.3) is 0 Å². The molecule has 1 heterocycles. The minimum absolute atomic E-state index is 0.0673. The first-order valence-electron chi connectivity index (χ1n) is 7.24. The van der Waals surface area contributed by atoms with Gasteiger partial charge in [-0.05, 0) is 43.7 Å². The fourth-order valence-electron chi connectivity index (χ4n) is 2.26. The number of nitrogens with two attached hydrogens (primary N) is 1. The summed E-state index contributed by atoms with van der Waals surface area (Å²) in [5.74, 6) is 6.48. The molecule has 20 heavy (non-hydrogen) atoms. The van der Waals surface area contributed by atoms with Crippen molar-refractivity contribution in [2.45, 2.75) is 31.7 Å². The Balaban J connectivity index is 1.71. The van der Waals surface area contributed by atoms with Gasteiger partial charge < -0.3 is 10.6 Å². The van der Waals surface area contributed by atoms with Crippen molar-refractivity contribution in [3.63, 3.8) is 0 Å². The summed E-state index contributed by atoms with van der Waals surface area (Å²) in [6.45, 7) is 1.23. The number of carbonyl (C=O) groups is 1. The number of hydrogen-bond donors (Lipinski definition) is 1. The van der Waals surface area contributed by atoms with Crippen LogP contribution in [0, 0.1) is 17.8 Å². The molecule has 2 aliphatic carbocycles. The maximum atomic E-state index is 12.5. The van der Waals surface area contributed by atoms with Crippen LogP contribution in [-0.4, -0.2) is 34.9 Å². The van der Waals surface area contributed by atoms with Crippen LogP contribution in [0.5, 0.6) is 0 Å². The third-order valence-corrected chi connectivity index (χ3v) is 3.72. The van der Waals surface area contributed by atoms with Gasteiger partial charge in [0.15, 0.2) is 0 Å². The first-order valence-corrected chi connectivity index (χ1v) is 7.24. The molecule has 2 N–H and O–H groups in total. The van der Waals surface area contributed by atoms with Crippen LogP contribution < -0.4 is 5.73 Å². The van der Waals surface area contributed by atoms with E-state index in [-0.39, 0.29) is 5.91 Å². The monoisotopic (exact) mass is 269 g/mol. The number of aromatic nitrogens is 1. The van der Waals surface area contributed by atoms with Crippen molar-refractivity contribution in [2.24, 2.45) is 11.7 Å². The highest BCUT2D eigenvalue weighted by molar-refractivity contribution is 5.92. The maximum absolute atomic E-state index is 12.5. The average molecular weight is 269 g/mol. The van der Waals surface area contributed by atoms with E-state index in [1.54, 1.807) is 12.3 Å². The number of rotatable bonds is 4. The van der Waals surface area contributed by atoms with E-state index in [9.17, 15) is 4.79 Å². The molecule has 0 spiro atoms. The maximum Gasteiger partial charge on any atom is 0.272 e. The quantitative estimate of drug-likeness (QED) is 0.841. The van der Waals surface area contributed by atoms with Crippen LogP contribution in [0.4, 0.5) is 0 Å². The molecular formula is C16H19N3O. The van der Waals surface area contributed by atoms with Gasteiger partial charge in [-0.25, -0.2) is 4.98 Å². The second-order valence-electron chi connectivity index (χ2n) is 5.57. The van der Waals surface area contributed by atoms with E-state index in [1.807, 2.05) is 11.0 Å². The number of pyridine rings is 1. The molecule has 1 amide bonds. The average Bonchev–Trinajstić information content (AvgIpc) is 3.36. The molecule has 0 atom stereocenters. The molecule has 0 aliphatic heterocycles. The minimum atomic E-state index is 0.0673. The fourth-order valence-corrected chi connectivity index (χ4v) is 2.26. The lowest BCUT2D eigenvalue weighted by molar-refractivity contribution is 0.0729. The lowest BCUT2D eigenvalue weighted by Gasteiger charge is -2.21. The van der Waals surface area contributed by atoms with Crippen LogP contribution >= 0.6 is 0 Å². The third-order valence-electron chi connectivity index (χ3n) is 3.72. The summed E-state index contributed by atoms with van der Waals surface area (Å²) in [4.78, 5) is 18.8. The van der Waals surface area contributed by atoms with Gasteiger partial charge in [0.05, 0.1) is 6.54 Å². The molecule has 0 radical (unpaired) electrons. The zero-order chi connectivity index (χ0) is 13.9. The smallest absolute Gasteiger partial charge is 0.272 e. The van der Waals surface area contributed by atoms with Gasteiger partial charge in [-0.1, -0.05) is 11.8 Å². The summed E-state index contributed by atoms with van der Waals surface area (Å²) in [6, 6.07) is 4.05. The molecule has 0 unspecified atom stereocenters. The summed E-state index contributed by atoms with van der Waals surface area (Å²) in [6.07, 6.45) is 6.45. The van der Waals surface area contributed by atoms with Gasteiger partial charge in [0.25, 0.3) is 5.91 Å². The Labute approximate surface area is 119 Å². The van der Waals surface area contributed by atoms with Crippen molar-refractivity contribution in [1.82, 2.24) is 9.88 Å². The molecule has 2 fully saturated rings. The van der Waals surface area contributed by atoms with Crippen molar-refractivity contribution in [1.29, 1.82) is 0 Å². The van der Waals surface area contributed by atoms with Crippen LogP contribution in [-0.2, 0) is 0 Å². The molecule has 0 bridgehead atoms. The van der Waals surface area contributed by atoms with E-state index in [0.29, 0.717) is 24.2 Å². The zero-order valence-corrected chi connectivity index (χ0v) is 11.5. The summed E-state index contributed by atoms with van der Waals surface area (Å²) in [7, 11) is 0. The lowest BCUT2D eigenvalue weighted by atomic mass is 10.2. The van der Waals surface area contributed by atoms with Gasteiger partial charge in [-0.15, -0.1) is 0 Å². The molecule has 3 rings (SSSR count). The van der Waals surface area contributed by atoms with Crippen molar-refractivity contribution in [3.8, 4) is 11.8 Å². The molecule has 2 saturated carbocycles. The molecule has 2 aliphatic rings. The van der Waals surface area contributed by atoms with Gasteiger partial charge >= 0.3 is 0 Å². The fraction of sp³-hybridized carbons (Fsp3) is 0.500.